The second-order valence-electron chi connectivity index (χ2n) is 2.49. The molecular weight excluding hydrogens is 321 g/mol. The average molecular weight is 330 g/mol. The number of hydrogen-bond donors (Lipinski definition) is 0. The molecule has 0 atom stereocenters. The standard InChI is InChI=1S/C9H9F2IO3/c1-13-6-4-3-5(15-9(10)11)7(12)8(6)14-2/h3-4,9H,1-2H3. The van der Waals surface area contributed by atoms with E-state index in [4.69, 9.17) is 9.47 Å². The highest BCUT2D eigenvalue weighted by Gasteiger charge is 2.16. The van der Waals surface area contributed by atoms with Crippen molar-refractivity contribution >= 4 is 22.6 Å². The summed E-state index contributed by atoms with van der Waals surface area (Å²) in [6, 6.07) is 2.92. The van der Waals surface area contributed by atoms with Crippen LogP contribution < -0.4 is 14.2 Å². The summed E-state index contributed by atoms with van der Waals surface area (Å²) in [5.74, 6) is 0.933. The van der Waals surface area contributed by atoms with Gasteiger partial charge in [0.1, 0.15) is 9.32 Å². The first-order valence-electron chi connectivity index (χ1n) is 3.95. The minimum atomic E-state index is -2.85. The van der Waals surface area contributed by atoms with Crippen LogP contribution >= 0.6 is 22.6 Å². The van der Waals surface area contributed by atoms with Crippen LogP contribution in [0.2, 0.25) is 0 Å². The van der Waals surface area contributed by atoms with Crippen LogP contribution in [-0.4, -0.2) is 20.8 Å². The maximum Gasteiger partial charge on any atom is 0.387 e. The molecule has 0 aliphatic carbocycles. The van der Waals surface area contributed by atoms with Gasteiger partial charge in [-0.15, -0.1) is 0 Å². The Hall–Kier alpha value is -0.790. The third kappa shape index (κ3) is 2.83. The van der Waals surface area contributed by atoms with Gasteiger partial charge in [0.05, 0.1) is 14.2 Å². The zero-order chi connectivity index (χ0) is 11.4. The van der Waals surface area contributed by atoms with E-state index in [9.17, 15) is 8.78 Å². The van der Waals surface area contributed by atoms with Crippen molar-refractivity contribution in [3.05, 3.63) is 15.7 Å². The molecule has 3 nitrogen and oxygen atoms in total. The molecule has 0 amide bonds. The summed E-state index contributed by atoms with van der Waals surface area (Å²) in [4.78, 5) is 0. The number of halogens is 3. The molecule has 0 aromatic heterocycles. The molecule has 0 fully saturated rings. The van der Waals surface area contributed by atoms with E-state index in [1.807, 2.05) is 22.6 Å². The van der Waals surface area contributed by atoms with Gasteiger partial charge in [-0.05, 0) is 34.7 Å². The predicted molar refractivity (Wildman–Crippen MR) is 58.9 cm³/mol. The van der Waals surface area contributed by atoms with Crippen LogP contribution in [-0.2, 0) is 0 Å². The smallest absolute Gasteiger partial charge is 0.387 e. The Morgan fingerprint density at radius 3 is 2.20 bits per heavy atom. The fourth-order valence-electron chi connectivity index (χ4n) is 1.06. The van der Waals surface area contributed by atoms with Gasteiger partial charge >= 0.3 is 6.61 Å². The maximum atomic E-state index is 12.0. The maximum absolute atomic E-state index is 12.0. The van der Waals surface area contributed by atoms with Crippen molar-refractivity contribution in [1.29, 1.82) is 0 Å². The van der Waals surface area contributed by atoms with Crippen LogP contribution in [0.25, 0.3) is 0 Å². The molecule has 1 aromatic carbocycles. The zero-order valence-corrected chi connectivity index (χ0v) is 10.2. The summed E-state index contributed by atoms with van der Waals surface area (Å²) < 4.78 is 38.8. The van der Waals surface area contributed by atoms with E-state index < -0.39 is 6.61 Å². The van der Waals surface area contributed by atoms with Crippen molar-refractivity contribution in [3.8, 4) is 17.2 Å². The average Bonchev–Trinajstić information content (AvgIpc) is 2.20. The summed E-state index contributed by atoms with van der Waals surface area (Å²) in [5.41, 5.74) is 0. The van der Waals surface area contributed by atoms with Crippen molar-refractivity contribution in [3.63, 3.8) is 0 Å². The van der Waals surface area contributed by atoms with Gasteiger partial charge in [0.25, 0.3) is 0 Å². The van der Waals surface area contributed by atoms with Crippen molar-refractivity contribution < 1.29 is 23.0 Å². The summed E-state index contributed by atoms with van der Waals surface area (Å²) in [7, 11) is 2.91. The Bertz CT molecular complexity index is 344. The van der Waals surface area contributed by atoms with E-state index in [1.54, 1.807) is 0 Å². The minimum absolute atomic E-state index is 0.0725. The molecule has 1 rings (SSSR count). The molecule has 0 heterocycles. The molecule has 0 saturated carbocycles. The number of hydrogen-bond acceptors (Lipinski definition) is 3. The Morgan fingerprint density at radius 1 is 1.13 bits per heavy atom. The Labute approximate surface area is 99.5 Å². The van der Waals surface area contributed by atoms with Gasteiger partial charge in [0.15, 0.2) is 11.5 Å². The van der Waals surface area contributed by atoms with E-state index in [2.05, 4.69) is 4.74 Å². The van der Waals surface area contributed by atoms with Gasteiger partial charge in [-0.3, -0.25) is 0 Å². The molecule has 15 heavy (non-hydrogen) atoms. The first-order chi connectivity index (χ1) is 7.10. The lowest BCUT2D eigenvalue weighted by Gasteiger charge is -2.13. The van der Waals surface area contributed by atoms with Crippen LogP contribution in [0.1, 0.15) is 0 Å². The Morgan fingerprint density at radius 2 is 1.73 bits per heavy atom. The fourth-order valence-corrected chi connectivity index (χ4v) is 1.85. The van der Waals surface area contributed by atoms with Crippen LogP contribution in [0.15, 0.2) is 12.1 Å². The molecule has 0 aliphatic rings. The van der Waals surface area contributed by atoms with E-state index in [0.717, 1.165) is 0 Å². The van der Waals surface area contributed by atoms with E-state index >= 15 is 0 Å². The second-order valence-corrected chi connectivity index (χ2v) is 3.57. The molecule has 1 aromatic rings. The number of benzene rings is 1. The molecule has 0 radical (unpaired) electrons. The van der Waals surface area contributed by atoms with E-state index in [-0.39, 0.29) is 5.75 Å². The zero-order valence-electron chi connectivity index (χ0n) is 8.09. The third-order valence-electron chi connectivity index (χ3n) is 1.67. The summed E-state index contributed by atoms with van der Waals surface area (Å²) >= 11 is 1.86. The minimum Gasteiger partial charge on any atom is -0.493 e. The van der Waals surface area contributed by atoms with Gasteiger partial charge in [-0.25, -0.2) is 0 Å². The SMILES string of the molecule is COc1ccc(OC(F)F)c(I)c1OC. The highest BCUT2D eigenvalue weighted by atomic mass is 127. The summed E-state index contributed by atoms with van der Waals surface area (Å²) in [6.45, 7) is -2.85. The molecule has 0 aliphatic heterocycles. The van der Waals surface area contributed by atoms with Crippen LogP contribution in [0.3, 0.4) is 0 Å². The second kappa shape index (κ2) is 5.34. The van der Waals surface area contributed by atoms with Crippen molar-refractivity contribution in [2.24, 2.45) is 0 Å². The first-order valence-corrected chi connectivity index (χ1v) is 5.03. The number of rotatable bonds is 4. The Kier molecular flexibility index (Phi) is 4.37. The summed E-state index contributed by atoms with van der Waals surface area (Å²) in [6.07, 6.45) is 0. The highest BCUT2D eigenvalue weighted by Crippen LogP contribution is 2.38. The normalized spacial score (nSPS) is 10.3. The lowest BCUT2D eigenvalue weighted by Crippen LogP contribution is -2.04. The highest BCUT2D eigenvalue weighted by molar-refractivity contribution is 14.1. The van der Waals surface area contributed by atoms with E-state index in [1.165, 1.54) is 26.4 Å². The van der Waals surface area contributed by atoms with Crippen molar-refractivity contribution in [2.75, 3.05) is 14.2 Å². The van der Waals surface area contributed by atoms with Gasteiger partial charge in [0.2, 0.25) is 0 Å². The van der Waals surface area contributed by atoms with E-state index in [0.29, 0.717) is 15.1 Å². The molecule has 0 N–H and O–H groups in total. The summed E-state index contributed by atoms with van der Waals surface area (Å²) in [5, 5.41) is 0. The Balaban J connectivity index is 3.11. The quantitative estimate of drug-likeness (QED) is 0.795. The van der Waals surface area contributed by atoms with Crippen molar-refractivity contribution in [1.82, 2.24) is 0 Å². The predicted octanol–water partition coefficient (Wildman–Crippen LogP) is 2.91. The first kappa shape index (κ1) is 12.3. The van der Waals surface area contributed by atoms with Crippen molar-refractivity contribution in [2.45, 2.75) is 6.61 Å². The van der Waals surface area contributed by atoms with Crippen LogP contribution in [0, 0.1) is 3.57 Å². The molecule has 0 spiro atoms. The lowest BCUT2D eigenvalue weighted by molar-refractivity contribution is -0.0505. The number of ether oxygens (including phenoxy) is 3. The van der Waals surface area contributed by atoms with Crippen LogP contribution in [0.5, 0.6) is 17.2 Å². The topological polar surface area (TPSA) is 27.7 Å². The van der Waals surface area contributed by atoms with Gasteiger partial charge in [0, 0.05) is 0 Å². The molecule has 0 bridgehead atoms. The largest absolute Gasteiger partial charge is 0.493 e. The molecule has 6 heteroatoms. The number of alkyl halides is 2. The van der Waals surface area contributed by atoms with Gasteiger partial charge < -0.3 is 14.2 Å². The lowest BCUT2D eigenvalue weighted by atomic mass is 10.3. The number of methoxy groups -OCH3 is 2. The third-order valence-corrected chi connectivity index (χ3v) is 2.69. The van der Waals surface area contributed by atoms with Crippen LogP contribution in [0.4, 0.5) is 8.78 Å². The van der Waals surface area contributed by atoms with Gasteiger partial charge in [-0.2, -0.15) is 8.78 Å². The molecule has 0 saturated heterocycles. The van der Waals surface area contributed by atoms with Gasteiger partial charge in [-0.1, -0.05) is 0 Å². The molecule has 0 unspecified atom stereocenters. The fraction of sp³-hybridized carbons (Fsp3) is 0.333. The molecular formula is C9H9F2IO3. The molecule has 84 valence electrons. The monoisotopic (exact) mass is 330 g/mol.